The lowest BCUT2D eigenvalue weighted by molar-refractivity contribution is -0.121. The normalized spacial score (nSPS) is 16.7. The van der Waals surface area contributed by atoms with Crippen molar-refractivity contribution in [1.82, 2.24) is 15.5 Å². The Hall–Kier alpha value is -2.17. The Labute approximate surface area is 136 Å². The zero-order chi connectivity index (χ0) is 16.4. The molecule has 1 amide bonds. The molecule has 5 heteroatoms. The molecule has 2 aromatic rings. The SMILES string of the molecule is CC(=O)NC1(c2noc(-c3ccc(C(C)C)cc3)n2)CCCC1. The van der Waals surface area contributed by atoms with Crippen molar-refractivity contribution in [3.63, 3.8) is 0 Å². The van der Waals surface area contributed by atoms with Crippen molar-refractivity contribution < 1.29 is 9.32 Å². The van der Waals surface area contributed by atoms with Crippen molar-refractivity contribution >= 4 is 5.91 Å². The summed E-state index contributed by atoms with van der Waals surface area (Å²) >= 11 is 0. The van der Waals surface area contributed by atoms with Crippen LogP contribution in [0.5, 0.6) is 0 Å². The summed E-state index contributed by atoms with van der Waals surface area (Å²) in [5.74, 6) is 1.53. The topological polar surface area (TPSA) is 68.0 Å². The van der Waals surface area contributed by atoms with Crippen LogP contribution in [-0.4, -0.2) is 16.0 Å². The molecule has 1 saturated carbocycles. The highest BCUT2D eigenvalue weighted by molar-refractivity contribution is 5.74. The van der Waals surface area contributed by atoms with Crippen LogP contribution >= 0.6 is 0 Å². The predicted molar refractivity (Wildman–Crippen MR) is 87.8 cm³/mol. The highest BCUT2D eigenvalue weighted by Gasteiger charge is 2.40. The monoisotopic (exact) mass is 313 g/mol. The minimum absolute atomic E-state index is 0.0560. The van der Waals surface area contributed by atoms with E-state index in [1.165, 1.54) is 12.5 Å². The first-order valence-electron chi connectivity index (χ1n) is 8.23. The molecule has 1 aliphatic rings. The minimum atomic E-state index is -0.467. The molecule has 0 bridgehead atoms. The lowest BCUT2D eigenvalue weighted by Gasteiger charge is -2.25. The number of carbonyl (C=O) groups excluding carboxylic acids is 1. The molecule has 3 rings (SSSR count). The third-order valence-corrected chi connectivity index (χ3v) is 4.55. The molecule has 1 heterocycles. The average Bonchev–Trinajstić information content (AvgIpc) is 3.16. The highest BCUT2D eigenvalue weighted by atomic mass is 16.5. The number of rotatable bonds is 4. The molecule has 0 saturated heterocycles. The summed E-state index contributed by atoms with van der Waals surface area (Å²) in [5, 5.41) is 7.19. The Bertz CT molecular complexity index is 683. The summed E-state index contributed by atoms with van der Waals surface area (Å²) in [4.78, 5) is 16.1. The van der Waals surface area contributed by atoms with Gasteiger partial charge in [0, 0.05) is 12.5 Å². The van der Waals surface area contributed by atoms with Crippen molar-refractivity contribution in [3.8, 4) is 11.5 Å². The number of hydrogen-bond acceptors (Lipinski definition) is 4. The fraction of sp³-hybridized carbons (Fsp3) is 0.500. The third kappa shape index (κ3) is 3.14. The molecular formula is C18H23N3O2. The van der Waals surface area contributed by atoms with Crippen LogP contribution in [0.4, 0.5) is 0 Å². The van der Waals surface area contributed by atoms with Crippen LogP contribution in [0, 0.1) is 0 Å². The first kappa shape index (κ1) is 15.7. The van der Waals surface area contributed by atoms with Crippen molar-refractivity contribution in [2.45, 2.75) is 57.9 Å². The molecule has 23 heavy (non-hydrogen) atoms. The van der Waals surface area contributed by atoms with E-state index in [1.807, 2.05) is 12.1 Å². The van der Waals surface area contributed by atoms with E-state index in [9.17, 15) is 4.79 Å². The molecular weight excluding hydrogens is 290 g/mol. The molecule has 1 aromatic heterocycles. The van der Waals surface area contributed by atoms with Crippen molar-refractivity contribution in [2.75, 3.05) is 0 Å². The Balaban J connectivity index is 1.88. The number of benzene rings is 1. The van der Waals surface area contributed by atoms with E-state index in [0.717, 1.165) is 31.2 Å². The summed E-state index contributed by atoms with van der Waals surface area (Å²) in [6.07, 6.45) is 3.84. The first-order valence-corrected chi connectivity index (χ1v) is 8.23. The predicted octanol–water partition coefficient (Wildman–Crippen LogP) is 3.77. The van der Waals surface area contributed by atoms with Gasteiger partial charge in [0.05, 0.1) is 0 Å². The Morgan fingerprint density at radius 3 is 2.43 bits per heavy atom. The summed E-state index contributed by atoms with van der Waals surface area (Å²) in [5.41, 5.74) is 1.72. The maximum absolute atomic E-state index is 11.6. The van der Waals surface area contributed by atoms with Crippen LogP contribution < -0.4 is 5.32 Å². The average molecular weight is 313 g/mol. The van der Waals surface area contributed by atoms with Crippen molar-refractivity contribution in [3.05, 3.63) is 35.7 Å². The molecule has 0 unspecified atom stereocenters. The lowest BCUT2D eigenvalue weighted by atomic mass is 9.96. The van der Waals surface area contributed by atoms with Gasteiger partial charge in [-0.1, -0.05) is 44.0 Å². The van der Waals surface area contributed by atoms with Gasteiger partial charge in [-0.15, -0.1) is 0 Å². The molecule has 0 spiro atoms. The van der Waals surface area contributed by atoms with Gasteiger partial charge in [-0.3, -0.25) is 4.79 Å². The molecule has 0 aliphatic heterocycles. The van der Waals surface area contributed by atoms with E-state index in [0.29, 0.717) is 17.6 Å². The number of aromatic nitrogens is 2. The van der Waals surface area contributed by atoms with Crippen LogP contribution in [0.2, 0.25) is 0 Å². The van der Waals surface area contributed by atoms with Gasteiger partial charge in [0.15, 0.2) is 5.82 Å². The van der Waals surface area contributed by atoms with Gasteiger partial charge in [-0.2, -0.15) is 4.98 Å². The van der Waals surface area contributed by atoms with Gasteiger partial charge in [-0.25, -0.2) is 0 Å². The maximum Gasteiger partial charge on any atom is 0.258 e. The molecule has 0 radical (unpaired) electrons. The van der Waals surface area contributed by atoms with E-state index in [-0.39, 0.29) is 5.91 Å². The molecule has 1 fully saturated rings. The van der Waals surface area contributed by atoms with E-state index < -0.39 is 5.54 Å². The third-order valence-electron chi connectivity index (χ3n) is 4.55. The van der Waals surface area contributed by atoms with Gasteiger partial charge in [0.25, 0.3) is 5.89 Å². The maximum atomic E-state index is 11.6. The van der Waals surface area contributed by atoms with Gasteiger partial charge in [0.1, 0.15) is 5.54 Å². The minimum Gasteiger partial charge on any atom is -0.343 e. The molecule has 0 atom stereocenters. The first-order chi connectivity index (χ1) is 11.0. The summed E-state index contributed by atoms with van der Waals surface area (Å²) in [6.45, 7) is 5.86. The van der Waals surface area contributed by atoms with Crippen LogP contribution in [0.15, 0.2) is 28.8 Å². The Kier molecular flexibility index (Phi) is 4.20. The fourth-order valence-electron chi connectivity index (χ4n) is 3.27. The summed E-state index contributed by atoms with van der Waals surface area (Å²) < 4.78 is 5.46. The molecule has 5 nitrogen and oxygen atoms in total. The standard InChI is InChI=1S/C18H23N3O2/c1-12(2)14-6-8-15(9-7-14)16-19-17(21-23-16)18(20-13(3)22)10-4-5-11-18/h6-9,12H,4-5,10-11H2,1-3H3,(H,20,22). The van der Waals surface area contributed by atoms with Crippen molar-refractivity contribution in [1.29, 1.82) is 0 Å². The van der Waals surface area contributed by atoms with Gasteiger partial charge < -0.3 is 9.84 Å². The smallest absolute Gasteiger partial charge is 0.258 e. The number of carbonyl (C=O) groups is 1. The second-order valence-electron chi connectivity index (χ2n) is 6.67. The quantitative estimate of drug-likeness (QED) is 0.933. The largest absolute Gasteiger partial charge is 0.343 e. The Morgan fingerprint density at radius 1 is 1.22 bits per heavy atom. The highest BCUT2D eigenvalue weighted by Crippen LogP contribution is 2.38. The molecule has 1 aliphatic carbocycles. The second kappa shape index (κ2) is 6.14. The molecule has 1 aromatic carbocycles. The fourth-order valence-corrected chi connectivity index (χ4v) is 3.27. The van der Waals surface area contributed by atoms with Crippen molar-refractivity contribution in [2.24, 2.45) is 0 Å². The number of amides is 1. The van der Waals surface area contributed by atoms with Crippen LogP contribution in [0.25, 0.3) is 11.5 Å². The number of nitrogens with zero attached hydrogens (tertiary/aromatic N) is 2. The zero-order valence-corrected chi connectivity index (χ0v) is 13.9. The van der Waals surface area contributed by atoms with Crippen LogP contribution in [0.1, 0.15) is 63.8 Å². The summed E-state index contributed by atoms with van der Waals surface area (Å²) in [7, 11) is 0. The van der Waals surface area contributed by atoms with E-state index >= 15 is 0 Å². The van der Waals surface area contributed by atoms with Crippen LogP contribution in [0.3, 0.4) is 0 Å². The molecule has 1 N–H and O–H groups in total. The second-order valence-corrected chi connectivity index (χ2v) is 6.67. The van der Waals surface area contributed by atoms with Gasteiger partial charge >= 0.3 is 0 Å². The molecule has 122 valence electrons. The van der Waals surface area contributed by atoms with E-state index in [4.69, 9.17) is 4.52 Å². The van der Waals surface area contributed by atoms with E-state index in [2.05, 4.69) is 41.4 Å². The Morgan fingerprint density at radius 2 is 1.87 bits per heavy atom. The summed E-state index contributed by atoms with van der Waals surface area (Å²) in [6, 6.07) is 8.19. The van der Waals surface area contributed by atoms with Gasteiger partial charge in [0.2, 0.25) is 5.91 Å². The lowest BCUT2D eigenvalue weighted by Crippen LogP contribution is -2.43. The zero-order valence-electron chi connectivity index (χ0n) is 13.9. The number of nitrogens with one attached hydrogen (secondary N) is 1. The van der Waals surface area contributed by atoms with Gasteiger partial charge in [-0.05, 0) is 36.5 Å². The number of hydrogen-bond donors (Lipinski definition) is 1. The van der Waals surface area contributed by atoms with E-state index in [1.54, 1.807) is 0 Å². The van der Waals surface area contributed by atoms with Crippen LogP contribution in [-0.2, 0) is 10.3 Å².